The van der Waals surface area contributed by atoms with Crippen molar-refractivity contribution in [1.29, 1.82) is 0 Å². The maximum Gasteiger partial charge on any atom is 0.264 e. The molecule has 0 saturated carbocycles. The quantitative estimate of drug-likeness (QED) is 0.0235. The molecule has 0 aromatic heterocycles. The van der Waals surface area contributed by atoms with E-state index in [1.165, 1.54) is 0 Å². The Morgan fingerprint density at radius 1 is 0.621 bits per heavy atom. The minimum Gasteiger partial charge on any atom is -0.497 e. The van der Waals surface area contributed by atoms with E-state index in [0.29, 0.717) is 25.6 Å². The lowest BCUT2D eigenvalue weighted by Gasteiger charge is -2.50. The average Bonchev–Trinajstić information content (AvgIpc) is 3.26. The number of benzene rings is 4. The van der Waals surface area contributed by atoms with E-state index < -0.39 is 28.2 Å². The first-order valence-electron chi connectivity index (χ1n) is 24.5. The van der Waals surface area contributed by atoms with Crippen LogP contribution in [0.5, 0.6) is 5.75 Å². The van der Waals surface area contributed by atoms with E-state index in [0.717, 1.165) is 47.3 Å². The predicted octanol–water partition coefficient (Wildman–Crippen LogP) is 15.5. The highest BCUT2D eigenvalue weighted by molar-refractivity contribution is 6.75. The lowest BCUT2D eigenvalue weighted by atomic mass is 9.80. The van der Waals surface area contributed by atoms with Crippen molar-refractivity contribution < 1.29 is 28.2 Å². The Kier molecular flexibility index (Phi) is 20.1. The Hall–Kier alpha value is -3.61. The van der Waals surface area contributed by atoms with E-state index in [4.69, 9.17) is 23.1 Å². The van der Waals surface area contributed by atoms with E-state index in [2.05, 4.69) is 223 Å². The molecule has 4 rings (SSSR count). The third-order valence-corrected chi connectivity index (χ3v) is 23.1. The highest BCUT2D eigenvalue weighted by atomic mass is 28.4. The Morgan fingerprint density at radius 2 is 1.09 bits per heavy atom. The molecule has 0 bridgehead atoms. The van der Waals surface area contributed by atoms with Gasteiger partial charge in [0.05, 0.1) is 26.4 Å². The molecule has 0 spiro atoms. The minimum atomic E-state index is -2.44. The maximum absolute atomic E-state index is 12.6. The molecule has 0 saturated heterocycles. The third-order valence-electron chi connectivity index (χ3n) is 14.3. The standard InChI is InChI=1S/C58H86O6Si2/c1-45(30-28-42-62-57(50-32-22-17-23-33-50,51-34-24-18-25-35-51)52-36-26-19-27-37-52)29-20-16-21-31-46(2)54(61-44-49-38-40-53(60-11)41-39-49)47(3)43-48(4)58(59,63-65(12,13)55(5,6)7)64-66(14,15)56(8,9)10/h17-19,21-28,30-41,45-48,54,59H,16,20,29,42-44H2,1-15H3/t45-,46+,47+,48+,54+/m1/s1. The zero-order valence-corrected chi connectivity index (χ0v) is 45.4. The van der Waals surface area contributed by atoms with Gasteiger partial charge in [-0.3, -0.25) is 0 Å². The molecule has 0 fully saturated rings. The number of hydrogen-bond acceptors (Lipinski definition) is 6. The number of ether oxygens (including phenoxy) is 3. The molecule has 4 aromatic rings. The summed E-state index contributed by atoms with van der Waals surface area (Å²) in [7, 11) is -3.18. The highest BCUT2D eigenvalue weighted by Gasteiger charge is 2.53. The van der Waals surface area contributed by atoms with E-state index in [9.17, 15) is 5.11 Å². The summed E-state index contributed by atoms with van der Waals surface area (Å²) in [6.07, 6.45) is 12.8. The zero-order chi connectivity index (χ0) is 48.8. The summed E-state index contributed by atoms with van der Waals surface area (Å²) in [5.74, 6) is -0.563. The van der Waals surface area contributed by atoms with Gasteiger partial charge in [-0.2, -0.15) is 0 Å². The first kappa shape index (κ1) is 55.0. The minimum absolute atomic E-state index is 0.0900. The summed E-state index contributed by atoms with van der Waals surface area (Å²) in [5.41, 5.74) is 3.68. The van der Waals surface area contributed by atoms with Crippen molar-refractivity contribution in [2.75, 3.05) is 13.7 Å². The lowest BCUT2D eigenvalue weighted by Crippen LogP contribution is -2.59. The Labute approximate surface area is 403 Å². The van der Waals surface area contributed by atoms with Gasteiger partial charge in [0.1, 0.15) is 11.4 Å². The van der Waals surface area contributed by atoms with Crippen LogP contribution in [0, 0.1) is 23.7 Å². The summed E-state index contributed by atoms with van der Waals surface area (Å²) in [6.45, 7) is 31.9. The first-order chi connectivity index (χ1) is 31.0. The van der Waals surface area contributed by atoms with E-state index in [1.54, 1.807) is 7.11 Å². The van der Waals surface area contributed by atoms with Gasteiger partial charge >= 0.3 is 0 Å². The Balaban J connectivity index is 1.45. The number of unbranched alkanes of at least 4 members (excludes halogenated alkanes) is 1. The van der Waals surface area contributed by atoms with E-state index in [1.807, 2.05) is 12.1 Å². The molecule has 4 aromatic carbocycles. The van der Waals surface area contributed by atoms with Crippen LogP contribution in [-0.2, 0) is 30.5 Å². The molecule has 5 atom stereocenters. The van der Waals surface area contributed by atoms with Crippen molar-refractivity contribution in [2.45, 2.75) is 155 Å². The van der Waals surface area contributed by atoms with Crippen LogP contribution in [0.4, 0.5) is 0 Å². The van der Waals surface area contributed by atoms with Crippen molar-refractivity contribution in [2.24, 2.45) is 23.7 Å². The zero-order valence-electron chi connectivity index (χ0n) is 43.4. The molecule has 8 heteroatoms. The second-order valence-corrected chi connectivity index (χ2v) is 31.3. The molecule has 0 aliphatic rings. The second kappa shape index (κ2) is 24.1. The van der Waals surface area contributed by atoms with Crippen LogP contribution >= 0.6 is 0 Å². The molecule has 1 N–H and O–H groups in total. The van der Waals surface area contributed by atoms with Crippen LogP contribution in [0.1, 0.15) is 117 Å². The van der Waals surface area contributed by atoms with Gasteiger partial charge < -0.3 is 28.2 Å². The van der Waals surface area contributed by atoms with Crippen molar-refractivity contribution in [3.05, 3.63) is 162 Å². The monoisotopic (exact) mass is 935 g/mol. The molecule has 0 heterocycles. The third kappa shape index (κ3) is 14.9. The predicted molar refractivity (Wildman–Crippen MR) is 282 cm³/mol. The van der Waals surface area contributed by atoms with Crippen molar-refractivity contribution in [3.63, 3.8) is 0 Å². The summed E-state index contributed by atoms with van der Waals surface area (Å²) < 4.78 is 33.1. The van der Waals surface area contributed by atoms with E-state index in [-0.39, 0.29) is 33.9 Å². The van der Waals surface area contributed by atoms with E-state index >= 15 is 0 Å². The maximum atomic E-state index is 12.6. The molecule has 362 valence electrons. The van der Waals surface area contributed by atoms with Gasteiger partial charge in [-0.25, -0.2) is 0 Å². The molecular formula is C58H86O6Si2. The smallest absolute Gasteiger partial charge is 0.264 e. The molecular weight excluding hydrogens is 849 g/mol. The summed E-state index contributed by atoms with van der Waals surface area (Å²) in [6, 6.07) is 39.7. The molecule has 0 aliphatic carbocycles. The molecule has 6 nitrogen and oxygen atoms in total. The normalized spacial score (nSPS) is 15.8. The van der Waals surface area contributed by atoms with Gasteiger partial charge in [-0.05, 0) is 108 Å². The van der Waals surface area contributed by atoms with Crippen LogP contribution in [0.25, 0.3) is 0 Å². The van der Waals surface area contributed by atoms with Gasteiger partial charge in [0, 0.05) is 11.8 Å². The van der Waals surface area contributed by atoms with Crippen LogP contribution in [-0.4, -0.2) is 47.5 Å². The fourth-order valence-electron chi connectivity index (χ4n) is 8.15. The van der Waals surface area contributed by atoms with Gasteiger partial charge in [0.2, 0.25) is 0 Å². The lowest BCUT2D eigenvalue weighted by molar-refractivity contribution is -0.318. The van der Waals surface area contributed by atoms with Gasteiger partial charge in [0.15, 0.2) is 16.6 Å². The summed E-state index contributed by atoms with van der Waals surface area (Å²) >= 11 is 0. The number of methoxy groups -OCH3 is 1. The molecule has 0 unspecified atom stereocenters. The van der Waals surface area contributed by atoms with Crippen molar-refractivity contribution in [3.8, 4) is 5.75 Å². The highest BCUT2D eigenvalue weighted by Crippen LogP contribution is 2.46. The first-order valence-corrected chi connectivity index (χ1v) is 30.3. The summed E-state index contributed by atoms with van der Waals surface area (Å²) in [5, 5.41) is 12.4. The van der Waals surface area contributed by atoms with Crippen LogP contribution < -0.4 is 4.74 Å². The fraction of sp³-hybridized carbons (Fsp3) is 0.517. The topological polar surface area (TPSA) is 66.4 Å². The molecule has 0 aliphatic heterocycles. The van der Waals surface area contributed by atoms with Crippen molar-refractivity contribution >= 4 is 16.6 Å². The van der Waals surface area contributed by atoms with Crippen molar-refractivity contribution in [1.82, 2.24) is 0 Å². The Bertz CT molecular complexity index is 1930. The number of allylic oxidation sites excluding steroid dienone is 2. The van der Waals surface area contributed by atoms with Crippen LogP contribution in [0.2, 0.25) is 36.3 Å². The summed E-state index contributed by atoms with van der Waals surface area (Å²) in [4.78, 5) is 0. The molecule has 66 heavy (non-hydrogen) atoms. The largest absolute Gasteiger partial charge is 0.497 e. The van der Waals surface area contributed by atoms with Gasteiger partial charge in [0.25, 0.3) is 5.97 Å². The number of aliphatic hydroxyl groups is 1. The Morgan fingerprint density at radius 3 is 1.53 bits per heavy atom. The molecule has 0 radical (unpaired) electrons. The van der Waals surface area contributed by atoms with Crippen LogP contribution in [0.3, 0.4) is 0 Å². The SMILES string of the molecule is COc1ccc(CO[C@@H]([C@@H](C)C=CCCC[C@@H](C)C=CCOC(c2ccccc2)(c2ccccc2)c2ccccc2)[C@@H](C)C[C@H](C)C(O)(O[Si](C)(C)C(C)(C)C)O[Si](C)(C)C(C)(C)C)cc1. The van der Waals surface area contributed by atoms with Gasteiger partial charge in [-0.1, -0.05) is 197 Å². The molecule has 0 amide bonds. The van der Waals surface area contributed by atoms with Crippen LogP contribution in [0.15, 0.2) is 140 Å². The average molecular weight is 935 g/mol. The number of hydrogen-bond donors (Lipinski definition) is 1. The second-order valence-electron chi connectivity index (χ2n) is 21.8. The van der Waals surface area contributed by atoms with Gasteiger partial charge in [-0.15, -0.1) is 0 Å². The number of rotatable bonds is 25. The fourth-order valence-corrected chi connectivity index (χ4v) is 10.8.